The van der Waals surface area contributed by atoms with Gasteiger partial charge in [0.15, 0.2) is 0 Å². The highest BCUT2D eigenvalue weighted by atomic mass is 79.9. The van der Waals surface area contributed by atoms with Crippen LogP contribution in [-0.2, 0) is 5.33 Å². The lowest BCUT2D eigenvalue weighted by atomic mass is 10.2. The number of alkyl halides is 3. The summed E-state index contributed by atoms with van der Waals surface area (Å²) in [4.78, 5) is 3.91. The molecule has 0 radical (unpaired) electrons. The van der Waals surface area contributed by atoms with Gasteiger partial charge in [0.05, 0.1) is 5.69 Å². The number of halogens is 4. The molecule has 0 fully saturated rings. The molecule has 1 nitrogen and oxygen atoms in total. The molecular formula is C7H5Br2F2N. The molecule has 12 heavy (non-hydrogen) atoms. The second kappa shape index (κ2) is 4.28. The van der Waals surface area contributed by atoms with Gasteiger partial charge in [0.25, 0.3) is 6.43 Å². The van der Waals surface area contributed by atoms with Crippen LogP contribution < -0.4 is 0 Å². The molecule has 66 valence electrons. The minimum atomic E-state index is -2.46. The van der Waals surface area contributed by atoms with E-state index in [1.165, 1.54) is 12.3 Å². The second-order valence-corrected chi connectivity index (χ2v) is 3.45. The first-order chi connectivity index (χ1) is 5.66. The third-order valence-corrected chi connectivity index (χ3v) is 2.80. The van der Waals surface area contributed by atoms with Crippen molar-refractivity contribution < 1.29 is 8.78 Å². The number of nitrogens with zero attached hydrogens (tertiary/aromatic N) is 1. The number of rotatable bonds is 2. The Bertz CT molecular complexity index is 278. The molecule has 0 N–H and O–H groups in total. The monoisotopic (exact) mass is 299 g/mol. The maximum absolute atomic E-state index is 12.3. The van der Waals surface area contributed by atoms with Gasteiger partial charge in [-0.1, -0.05) is 15.9 Å². The maximum Gasteiger partial charge on any atom is 0.265 e. The number of hydrogen-bond donors (Lipinski definition) is 0. The van der Waals surface area contributed by atoms with E-state index in [9.17, 15) is 8.78 Å². The van der Waals surface area contributed by atoms with Crippen molar-refractivity contribution >= 4 is 31.9 Å². The molecule has 1 aromatic heterocycles. The molecule has 5 heteroatoms. The van der Waals surface area contributed by atoms with Crippen LogP contribution in [0.15, 0.2) is 16.7 Å². The minimum Gasteiger partial charge on any atom is -0.259 e. The molecule has 0 spiro atoms. The molecule has 0 aliphatic heterocycles. The summed E-state index contributed by atoms with van der Waals surface area (Å²) in [5.41, 5.74) is 0.576. The zero-order valence-electron chi connectivity index (χ0n) is 5.90. The standard InChI is InChI=1S/C7H5Br2F2N/c8-3-5-6(9)4(7(10)11)1-2-12-5/h1-2,7H,3H2. The first-order valence-corrected chi connectivity index (χ1v) is 5.05. The largest absolute Gasteiger partial charge is 0.265 e. The van der Waals surface area contributed by atoms with Gasteiger partial charge in [-0.25, -0.2) is 8.78 Å². The average Bonchev–Trinajstić information content (AvgIpc) is 2.04. The van der Waals surface area contributed by atoms with Crippen LogP contribution in [0, 0.1) is 0 Å². The highest BCUT2D eigenvalue weighted by Gasteiger charge is 2.13. The van der Waals surface area contributed by atoms with Gasteiger partial charge in [0.1, 0.15) is 0 Å². The van der Waals surface area contributed by atoms with E-state index < -0.39 is 6.43 Å². The summed E-state index contributed by atoms with van der Waals surface area (Å²) in [6, 6.07) is 1.31. The van der Waals surface area contributed by atoms with Gasteiger partial charge in [0.2, 0.25) is 0 Å². The Hall–Kier alpha value is -0.0300. The van der Waals surface area contributed by atoms with E-state index in [0.717, 1.165) is 0 Å². The van der Waals surface area contributed by atoms with Crippen molar-refractivity contribution in [2.45, 2.75) is 11.8 Å². The molecule has 0 aliphatic carbocycles. The van der Waals surface area contributed by atoms with Crippen LogP contribution >= 0.6 is 31.9 Å². The summed E-state index contributed by atoms with van der Waals surface area (Å²) in [5.74, 6) is 0. The van der Waals surface area contributed by atoms with E-state index in [1.54, 1.807) is 0 Å². The van der Waals surface area contributed by atoms with Gasteiger partial charge in [-0.2, -0.15) is 0 Å². The van der Waals surface area contributed by atoms with Gasteiger partial charge in [-0.15, -0.1) is 0 Å². The Morgan fingerprint density at radius 2 is 2.17 bits per heavy atom. The molecule has 1 rings (SSSR count). The summed E-state index contributed by atoms with van der Waals surface area (Å²) in [5, 5.41) is 0.466. The van der Waals surface area contributed by atoms with Crippen molar-refractivity contribution in [2.75, 3.05) is 0 Å². The Kier molecular flexibility index (Phi) is 3.58. The lowest BCUT2D eigenvalue weighted by Gasteiger charge is -2.05. The lowest BCUT2D eigenvalue weighted by Crippen LogP contribution is -1.93. The normalized spacial score (nSPS) is 10.8. The van der Waals surface area contributed by atoms with Gasteiger partial charge in [0, 0.05) is 21.6 Å². The van der Waals surface area contributed by atoms with E-state index >= 15 is 0 Å². The van der Waals surface area contributed by atoms with E-state index in [2.05, 4.69) is 36.8 Å². The maximum atomic E-state index is 12.3. The number of hydrogen-bond acceptors (Lipinski definition) is 1. The predicted octanol–water partition coefficient (Wildman–Crippen LogP) is 3.68. The van der Waals surface area contributed by atoms with Crippen LogP contribution in [0.1, 0.15) is 17.7 Å². The number of aromatic nitrogens is 1. The van der Waals surface area contributed by atoms with Gasteiger partial charge < -0.3 is 0 Å². The van der Waals surface area contributed by atoms with Crippen molar-refractivity contribution in [3.8, 4) is 0 Å². The molecule has 0 saturated carbocycles. The zero-order chi connectivity index (χ0) is 9.14. The van der Waals surface area contributed by atoms with Crippen LogP contribution in [-0.4, -0.2) is 4.98 Å². The topological polar surface area (TPSA) is 12.9 Å². The van der Waals surface area contributed by atoms with E-state index in [0.29, 0.717) is 15.5 Å². The summed E-state index contributed by atoms with van der Waals surface area (Å²) in [6.07, 6.45) is -1.08. The fourth-order valence-corrected chi connectivity index (χ4v) is 2.11. The van der Waals surface area contributed by atoms with E-state index in [-0.39, 0.29) is 5.56 Å². The smallest absolute Gasteiger partial charge is 0.259 e. The van der Waals surface area contributed by atoms with Crippen LogP contribution in [0.5, 0.6) is 0 Å². The molecule has 0 aliphatic rings. The van der Waals surface area contributed by atoms with Gasteiger partial charge in [-0.05, 0) is 22.0 Å². The molecule has 0 aromatic carbocycles. The van der Waals surface area contributed by atoms with Crippen LogP contribution in [0.4, 0.5) is 8.78 Å². The predicted molar refractivity (Wildman–Crippen MR) is 49.5 cm³/mol. The van der Waals surface area contributed by atoms with Crippen molar-refractivity contribution in [1.82, 2.24) is 4.98 Å². The summed E-state index contributed by atoms with van der Waals surface area (Å²) < 4.78 is 24.9. The molecule has 0 atom stereocenters. The first-order valence-electron chi connectivity index (χ1n) is 3.14. The number of pyridine rings is 1. The molecule has 0 unspecified atom stereocenters. The molecule has 0 bridgehead atoms. The summed E-state index contributed by atoms with van der Waals surface area (Å²) in [6.45, 7) is 0. The Morgan fingerprint density at radius 3 is 2.67 bits per heavy atom. The first kappa shape index (κ1) is 10.1. The van der Waals surface area contributed by atoms with Crippen molar-refractivity contribution in [1.29, 1.82) is 0 Å². The highest BCUT2D eigenvalue weighted by molar-refractivity contribution is 9.10. The summed E-state index contributed by atoms with van der Waals surface area (Å²) >= 11 is 6.22. The average molecular weight is 301 g/mol. The second-order valence-electron chi connectivity index (χ2n) is 2.10. The zero-order valence-corrected chi connectivity index (χ0v) is 9.07. The van der Waals surface area contributed by atoms with E-state index in [4.69, 9.17) is 0 Å². The lowest BCUT2D eigenvalue weighted by molar-refractivity contribution is 0.150. The molecular weight excluding hydrogens is 296 g/mol. The fraction of sp³-hybridized carbons (Fsp3) is 0.286. The fourth-order valence-electron chi connectivity index (χ4n) is 0.766. The summed E-state index contributed by atoms with van der Waals surface area (Å²) in [7, 11) is 0. The Morgan fingerprint density at radius 1 is 1.50 bits per heavy atom. The molecule has 0 saturated heterocycles. The highest BCUT2D eigenvalue weighted by Crippen LogP contribution is 2.29. The van der Waals surface area contributed by atoms with Crippen LogP contribution in [0.3, 0.4) is 0 Å². The molecule has 0 amide bonds. The van der Waals surface area contributed by atoms with Gasteiger partial charge >= 0.3 is 0 Å². The van der Waals surface area contributed by atoms with Crippen molar-refractivity contribution in [3.05, 3.63) is 28.0 Å². The van der Waals surface area contributed by atoms with Crippen molar-refractivity contribution in [3.63, 3.8) is 0 Å². The van der Waals surface area contributed by atoms with E-state index in [1.807, 2.05) is 0 Å². The quantitative estimate of drug-likeness (QED) is 0.759. The minimum absolute atomic E-state index is 0.0144. The van der Waals surface area contributed by atoms with Crippen LogP contribution in [0.25, 0.3) is 0 Å². The Balaban J connectivity index is 3.14. The molecule has 1 heterocycles. The molecule has 1 aromatic rings. The third-order valence-electron chi connectivity index (χ3n) is 1.35. The SMILES string of the molecule is FC(F)c1ccnc(CBr)c1Br. The third kappa shape index (κ3) is 2.01. The Labute approximate surface area is 85.4 Å². The van der Waals surface area contributed by atoms with Crippen LogP contribution in [0.2, 0.25) is 0 Å². The van der Waals surface area contributed by atoms with Gasteiger partial charge in [-0.3, -0.25) is 4.98 Å². The van der Waals surface area contributed by atoms with Crippen molar-refractivity contribution in [2.24, 2.45) is 0 Å².